The topological polar surface area (TPSA) is 228 Å². The first-order valence-electron chi connectivity index (χ1n) is 21.5. The van der Waals surface area contributed by atoms with Gasteiger partial charge in [0.05, 0.1) is 35.8 Å². The number of rotatable bonds is 13. The Morgan fingerprint density at radius 1 is 0.955 bits per heavy atom. The second kappa shape index (κ2) is 19.4. The van der Waals surface area contributed by atoms with Crippen molar-refractivity contribution in [3.05, 3.63) is 100 Å². The average Bonchev–Trinajstić information content (AvgIpc) is 3.32. The van der Waals surface area contributed by atoms with E-state index in [1.54, 1.807) is 30.0 Å². The van der Waals surface area contributed by atoms with E-state index in [9.17, 15) is 32.9 Å². The summed E-state index contributed by atoms with van der Waals surface area (Å²) in [6.45, 7) is 4.85. The summed E-state index contributed by atoms with van der Waals surface area (Å²) in [6, 6.07) is 10.2. The maximum absolute atomic E-state index is 16.1. The molecule has 19 nitrogen and oxygen atoms in total. The van der Waals surface area contributed by atoms with E-state index in [1.807, 2.05) is 4.90 Å². The Balaban J connectivity index is 0.860. The number of piperazine rings is 1. The highest BCUT2D eigenvalue weighted by molar-refractivity contribution is 7.90. The molecular weight excluding hydrogens is 898 g/mol. The molecule has 2 aromatic heterocycles. The summed E-state index contributed by atoms with van der Waals surface area (Å²) in [4.78, 5) is 69.4. The van der Waals surface area contributed by atoms with Gasteiger partial charge in [0.25, 0.3) is 5.56 Å². The van der Waals surface area contributed by atoms with Crippen molar-refractivity contribution in [2.24, 2.45) is 0 Å². The van der Waals surface area contributed by atoms with Crippen molar-refractivity contribution >= 4 is 56.2 Å². The maximum atomic E-state index is 16.1. The zero-order valence-electron chi connectivity index (χ0n) is 36.3. The van der Waals surface area contributed by atoms with Gasteiger partial charge < -0.3 is 19.9 Å². The zero-order valence-corrected chi connectivity index (χ0v) is 37.2. The third-order valence-electron chi connectivity index (χ3n) is 12.1. The number of halogens is 3. The molecule has 0 radical (unpaired) electrons. The number of nitrogens with one attached hydrogen (secondary N) is 3. The molecular formula is C44H45F3N12O7S. The number of piperidine rings is 2. The molecule has 0 aliphatic carbocycles. The number of nitrogens with zero attached hydrogens (tertiary/aromatic N) is 9. The van der Waals surface area contributed by atoms with Crippen molar-refractivity contribution in [2.45, 2.75) is 44.6 Å². The third kappa shape index (κ3) is 9.86. The lowest BCUT2D eigenvalue weighted by Gasteiger charge is -2.37. The van der Waals surface area contributed by atoms with Crippen LogP contribution in [0.5, 0.6) is 11.5 Å². The molecule has 5 heterocycles. The van der Waals surface area contributed by atoms with Crippen molar-refractivity contribution in [1.82, 2.24) is 38.9 Å². The number of ether oxygens (including phenoxy) is 1. The standard InChI is InChI=1S/C44H45F3N12O7S/c1-3-55(2)67(64,65)54-33-7-6-31(45)41(30(33)21-48)66-36-10-8-34-39(40(36)47)43(63)59(25-51-34)28-22-49-44(50-23-28)58-18-16-57(17-19-58)38(61)24-56-14-12-26(13-15-56)29-5-4-27(20-32(29)46)52-35-9-11-37(60)53-42(35)62/h4-8,10,20,22-23,25-26,35,52,54H,3,9,11-19,24H2,1-2H3,(H,53,60,62). The SMILES string of the molecule is CCN(C)S(=O)(=O)Nc1ccc(F)c(Oc2ccc3ncn(-c4cnc(N5CCN(C(=O)CN6CCC(c7ccc(NC8CCC(=O)NC8=O)cc7F)CC6)CC5)nc4)c(=O)c3c2F)c1C#N. The van der Waals surface area contributed by atoms with E-state index in [1.165, 1.54) is 37.9 Å². The van der Waals surface area contributed by atoms with Crippen LogP contribution in [0.25, 0.3) is 16.6 Å². The molecule has 0 spiro atoms. The molecule has 5 aromatic rings. The first kappa shape index (κ1) is 46.4. The highest BCUT2D eigenvalue weighted by Crippen LogP contribution is 2.36. The van der Waals surface area contributed by atoms with Gasteiger partial charge in [0.15, 0.2) is 23.1 Å². The van der Waals surface area contributed by atoms with Crippen LogP contribution in [-0.2, 0) is 24.6 Å². The normalized spacial score (nSPS) is 17.4. The molecule has 3 fully saturated rings. The van der Waals surface area contributed by atoms with Crippen molar-refractivity contribution in [3.63, 3.8) is 0 Å². The number of imide groups is 1. The fraction of sp³-hybridized carbons (Fsp3) is 0.364. The molecule has 3 amide bonds. The zero-order chi connectivity index (χ0) is 47.6. The van der Waals surface area contributed by atoms with Crippen molar-refractivity contribution < 1.29 is 40.7 Å². The number of benzene rings is 3. The number of hydrogen-bond acceptors (Lipinski definition) is 14. The molecule has 3 aliphatic heterocycles. The predicted octanol–water partition coefficient (Wildman–Crippen LogP) is 3.61. The Kier molecular flexibility index (Phi) is 13.4. The Hall–Kier alpha value is -7.16. The van der Waals surface area contributed by atoms with Crippen LogP contribution >= 0.6 is 0 Å². The lowest BCUT2D eigenvalue weighted by molar-refractivity contribution is -0.134. The summed E-state index contributed by atoms with van der Waals surface area (Å²) < 4.78 is 81.4. The molecule has 67 heavy (non-hydrogen) atoms. The number of carbonyl (C=O) groups is 3. The van der Waals surface area contributed by atoms with Crippen molar-refractivity contribution in [2.75, 3.05) is 74.3 Å². The number of carbonyl (C=O) groups excluding carboxylic acids is 3. The van der Waals surface area contributed by atoms with Crippen LogP contribution in [0.3, 0.4) is 0 Å². The van der Waals surface area contributed by atoms with Gasteiger partial charge in [-0.25, -0.2) is 28.1 Å². The van der Waals surface area contributed by atoms with E-state index < -0.39 is 61.8 Å². The van der Waals surface area contributed by atoms with Gasteiger partial charge in [-0.3, -0.25) is 38.7 Å². The summed E-state index contributed by atoms with van der Waals surface area (Å²) >= 11 is 0. The van der Waals surface area contributed by atoms with E-state index in [4.69, 9.17) is 4.74 Å². The molecule has 3 aromatic carbocycles. The number of anilines is 3. The fourth-order valence-electron chi connectivity index (χ4n) is 8.20. The Morgan fingerprint density at radius 3 is 2.36 bits per heavy atom. The minimum atomic E-state index is -4.13. The molecule has 3 N–H and O–H groups in total. The molecule has 8 rings (SSSR count). The molecule has 350 valence electrons. The summed E-state index contributed by atoms with van der Waals surface area (Å²) in [7, 11) is -2.83. The van der Waals surface area contributed by atoms with E-state index in [0.717, 1.165) is 27.1 Å². The first-order chi connectivity index (χ1) is 32.1. The number of amides is 3. The summed E-state index contributed by atoms with van der Waals surface area (Å²) in [5.74, 6) is -4.52. The minimum Gasteiger partial charge on any atom is -0.450 e. The third-order valence-corrected chi connectivity index (χ3v) is 13.7. The number of fused-ring (bicyclic) bond motifs is 1. The Bertz CT molecular complexity index is 2960. The van der Waals surface area contributed by atoms with E-state index >= 15 is 13.2 Å². The molecule has 3 aliphatic rings. The van der Waals surface area contributed by atoms with Gasteiger partial charge in [0.2, 0.25) is 23.7 Å². The largest absolute Gasteiger partial charge is 0.450 e. The number of likely N-dealkylation sites (tertiary alicyclic amines) is 1. The van der Waals surface area contributed by atoms with Crippen LogP contribution in [0, 0.1) is 28.8 Å². The average molecular weight is 943 g/mol. The summed E-state index contributed by atoms with van der Waals surface area (Å²) in [5, 5.41) is 14.6. The second-order valence-electron chi connectivity index (χ2n) is 16.3. The van der Waals surface area contributed by atoms with Gasteiger partial charge in [-0.05, 0) is 80.2 Å². The van der Waals surface area contributed by atoms with Gasteiger partial charge in [0.1, 0.15) is 35.2 Å². The lowest BCUT2D eigenvalue weighted by atomic mass is 9.89. The second-order valence-corrected chi connectivity index (χ2v) is 18.0. The number of nitriles is 1. The Morgan fingerprint density at radius 2 is 1.69 bits per heavy atom. The molecule has 1 atom stereocenters. The molecule has 0 bridgehead atoms. The highest BCUT2D eigenvalue weighted by atomic mass is 32.2. The van der Waals surface area contributed by atoms with Gasteiger partial charge in [-0.15, -0.1) is 0 Å². The number of aromatic nitrogens is 4. The quantitative estimate of drug-likeness (QED) is 0.143. The first-order valence-corrected chi connectivity index (χ1v) is 22.9. The van der Waals surface area contributed by atoms with Crippen LogP contribution < -0.4 is 30.6 Å². The van der Waals surface area contributed by atoms with Crippen LogP contribution in [0.15, 0.2) is 66.0 Å². The van der Waals surface area contributed by atoms with Crippen LogP contribution in [0.4, 0.5) is 30.5 Å². The molecule has 0 saturated carbocycles. The Labute approximate surface area is 382 Å². The van der Waals surface area contributed by atoms with Gasteiger partial charge >= 0.3 is 10.2 Å². The fourth-order valence-corrected chi connectivity index (χ4v) is 9.14. The van der Waals surface area contributed by atoms with Gasteiger partial charge in [0, 0.05) is 51.9 Å². The molecule has 3 saturated heterocycles. The smallest absolute Gasteiger partial charge is 0.301 e. The molecule has 1 unspecified atom stereocenters. The summed E-state index contributed by atoms with van der Waals surface area (Å²) in [5.41, 5.74) is -0.577. The van der Waals surface area contributed by atoms with E-state index in [-0.39, 0.29) is 60.0 Å². The molecule has 23 heteroatoms. The van der Waals surface area contributed by atoms with E-state index in [0.29, 0.717) is 75.7 Å². The van der Waals surface area contributed by atoms with Gasteiger partial charge in [-0.2, -0.15) is 18.0 Å². The highest BCUT2D eigenvalue weighted by Gasteiger charge is 2.30. The lowest BCUT2D eigenvalue weighted by Crippen LogP contribution is -2.52. The maximum Gasteiger partial charge on any atom is 0.301 e. The van der Waals surface area contributed by atoms with Gasteiger partial charge in [-0.1, -0.05) is 13.0 Å². The summed E-state index contributed by atoms with van der Waals surface area (Å²) in [6.07, 6.45) is 5.80. The van der Waals surface area contributed by atoms with E-state index in [2.05, 4.69) is 35.2 Å². The monoisotopic (exact) mass is 942 g/mol. The predicted molar refractivity (Wildman–Crippen MR) is 238 cm³/mol. The van der Waals surface area contributed by atoms with Crippen LogP contribution in [-0.4, -0.2) is 125 Å². The van der Waals surface area contributed by atoms with Crippen LogP contribution in [0.2, 0.25) is 0 Å². The van der Waals surface area contributed by atoms with Crippen LogP contribution in [0.1, 0.15) is 49.7 Å². The van der Waals surface area contributed by atoms with Crippen molar-refractivity contribution in [3.8, 4) is 23.3 Å². The number of hydrogen-bond donors (Lipinski definition) is 3. The van der Waals surface area contributed by atoms with Crippen molar-refractivity contribution in [1.29, 1.82) is 5.26 Å². The minimum absolute atomic E-state index is 0.0229.